The highest BCUT2D eigenvalue weighted by atomic mass is 16.2. The topological polar surface area (TPSA) is 108 Å². The number of aryl methyl sites for hydroxylation is 1. The molecule has 0 bridgehead atoms. The smallest absolute Gasteiger partial charge is 0.290 e. The molecule has 0 radical (unpaired) electrons. The van der Waals surface area contributed by atoms with Crippen molar-refractivity contribution in [1.82, 2.24) is 24.8 Å². The molecule has 0 saturated heterocycles. The van der Waals surface area contributed by atoms with Crippen LogP contribution in [0.1, 0.15) is 16.1 Å². The van der Waals surface area contributed by atoms with E-state index in [9.17, 15) is 9.59 Å². The first-order valence-corrected chi connectivity index (χ1v) is 5.16. The Kier molecular flexibility index (Phi) is 3.20. The first-order valence-electron chi connectivity index (χ1n) is 5.16. The minimum atomic E-state index is -0.456. The van der Waals surface area contributed by atoms with Crippen LogP contribution < -0.4 is 17.0 Å². The summed E-state index contributed by atoms with van der Waals surface area (Å²) in [6.07, 6.45) is 2.94. The van der Waals surface area contributed by atoms with E-state index in [0.29, 0.717) is 11.3 Å². The van der Waals surface area contributed by atoms with Gasteiger partial charge in [-0.3, -0.25) is 19.8 Å². The van der Waals surface area contributed by atoms with E-state index < -0.39 is 5.91 Å². The number of nitrogen functional groups attached to an aromatic ring is 1. The number of nitrogens with two attached hydrogens (primary N) is 1. The van der Waals surface area contributed by atoms with Gasteiger partial charge in [0, 0.05) is 13.2 Å². The first-order chi connectivity index (χ1) is 8.63. The summed E-state index contributed by atoms with van der Waals surface area (Å²) in [5.74, 6) is 4.63. The molecule has 8 nitrogen and oxygen atoms in total. The predicted octanol–water partition coefficient (Wildman–Crippen LogP) is -1.37. The molecule has 8 heteroatoms. The van der Waals surface area contributed by atoms with Crippen molar-refractivity contribution in [3.63, 3.8) is 0 Å². The Morgan fingerprint density at radius 1 is 1.56 bits per heavy atom. The van der Waals surface area contributed by atoms with Crippen molar-refractivity contribution in [2.75, 3.05) is 0 Å². The number of carbonyl (C=O) groups is 1. The molecule has 0 unspecified atom stereocenters. The highest BCUT2D eigenvalue weighted by molar-refractivity contribution is 5.94. The zero-order chi connectivity index (χ0) is 13.1. The van der Waals surface area contributed by atoms with E-state index in [4.69, 9.17) is 5.84 Å². The first kappa shape index (κ1) is 12.0. The van der Waals surface area contributed by atoms with Gasteiger partial charge in [-0.05, 0) is 12.1 Å². The van der Waals surface area contributed by atoms with Crippen molar-refractivity contribution < 1.29 is 4.79 Å². The summed E-state index contributed by atoms with van der Waals surface area (Å²) in [5, 5.41) is 3.90. The van der Waals surface area contributed by atoms with Crippen molar-refractivity contribution in [2.45, 2.75) is 6.54 Å². The molecule has 0 aliphatic rings. The lowest BCUT2D eigenvalue weighted by molar-refractivity contribution is 0.0952. The van der Waals surface area contributed by atoms with Gasteiger partial charge in [0.1, 0.15) is 6.33 Å². The molecular formula is C10H12N6O2. The Morgan fingerprint density at radius 2 is 2.33 bits per heavy atom. The number of carbonyl (C=O) groups excluding carboxylic acids is 1. The molecular weight excluding hydrogens is 236 g/mol. The average Bonchev–Trinajstić information content (AvgIpc) is 2.70. The van der Waals surface area contributed by atoms with E-state index in [2.05, 4.69) is 10.1 Å². The fourth-order valence-corrected chi connectivity index (χ4v) is 1.52. The van der Waals surface area contributed by atoms with Gasteiger partial charge in [0.25, 0.3) is 5.91 Å². The third-order valence-electron chi connectivity index (χ3n) is 2.45. The minimum Gasteiger partial charge on any atom is -0.290 e. The molecule has 0 aliphatic heterocycles. The van der Waals surface area contributed by atoms with Gasteiger partial charge < -0.3 is 0 Å². The number of nitrogens with zero attached hydrogens (tertiary/aromatic N) is 4. The zero-order valence-electron chi connectivity index (χ0n) is 9.70. The number of nitrogens with one attached hydrogen (secondary N) is 1. The maximum atomic E-state index is 11.6. The predicted molar refractivity (Wildman–Crippen MR) is 62.5 cm³/mol. The number of pyridine rings is 1. The van der Waals surface area contributed by atoms with E-state index in [0.717, 1.165) is 0 Å². The van der Waals surface area contributed by atoms with Crippen LogP contribution in [0.5, 0.6) is 0 Å². The van der Waals surface area contributed by atoms with Gasteiger partial charge in [0.2, 0.25) is 0 Å². The van der Waals surface area contributed by atoms with E-state index in [1.165, 1.54) is 21.8 Å². The van der Waals surface area contributed by atoms with Gasteiger partial charge in [0.05, 0.1) is 17.8 Å². The number of amides is 1. The van der Waals surface area contributed by atoms with Crippen LogP contribution in [-0.4, -0.2) is 25.2 Å². The Labute approximate surface area is 102 Å². The van der Waals surface area contributed by atoms with Crippen molar-refractivity contribution in [3.8, 4) is 0 Å². The third kappa shape index (κ3) is 2.13. The Bertz CT molecular complexity index is 629. The van der Waals surface area contributed by atoms with Crippen LogP contribution in [0.25, 0.3) is 0 Å². The van der Waals surface area contributed by atoms with Gasteiger partial charge in [0.15, 0.2) is 0 Å². The van der Waals surface area contributed by atoms with Crippen LogP contribution in [0.15, 0.2) is 29.5 Å². The molecule has 2 heterocycles. The normalized spacial score (nSPS) is 10.3. The van der Waals surface area contributed by atoms with Crippen molar-refractivity contribution in [2.24, 2.45) is 12.9 Å². The number of rotatable bonds is 3. The lowest BCUT2D eigenvalue weighted by Gasteiger charge is -2.06. The molecule has 2 aromatic rings. The van der Waals surface area contributed by atoms with Crippen LogP contribution >= 0.6 is 0 Å². The van der Waals surface area contributed by atoms with Gasteiger partial charge >= 0.3 is 5.69 Å². The van der Waals surface area contributed by atoms with Crippen LogP contribution in [0.3, 0.4) is 0 Å². The van der Waals surface area contributed by atoms with E-state index in [1.54, 1.807) is 19.2 Å². The standard InChI is InChI=1S/C10H12N6O2/c1-15-6-13-16(10(15)18)5-8-7(9(17)14-11)3-2-4-12-8/h2-4,6H,5,11H2,1H3,(H,14,17). The quantitative estimate of drug-likeness (QED) is 0.396. The summed E-state index contributed by atoms with van der Waals surface area (Å²) in [6, 6.07) is 3.20. The summed E-state index contributed by atoms with van der Waals surface area (Å²) in [5.41, 5.74) is 2.51. The second-order valence-electron chi connectivity index (χ2n) is 3.65. The summed E-state index contributed by atoms with van der Waals surface area (Å²) in [7, 11) is 1.59. The summed E-state index contributed by atoms with van der Waals surface area (Å²) < 4.78 is 2.56. The molecule has 0 aromatic carbocycles. The van der Waals surface area contributed by atoms with Gasteiger partial charge in [-0.1, -0.05) is 0 Å². The molecule has 0 atom stereocenters. The summed E-state index contributed by atoms with van der Waals surface area (Å²) in [6.45, 7) is 0.114. The molecule has 2 aromatic heterocycles. The van der Waals surface area contributed by atoms with Crippen LogP contribution in [0.4, 0.5) is 0 Å². The molecule has 3 N–H and O–H groups in total. The molecule has 1 amide bonds. The summed E-state index contributed by atoms with van der Waals surface area (Å²) in [4.78, 5) is 27.2. The minimum absolute atomic E-state index is 0.114. The van der Waals surface area contributed by atoms with Crippen molar-refractivity contribution in [3.05, 3.63) is 46.4 Å². The maximum absolute atomic E-state index is 11.6. The second-order valence-corrected chi connectivity index (χ2v) is 3.65. The highest BCUT2D eigenvalue weighted by Gasteiger charge is 2.13. The van der Waals surface area contributed by atoms with Gasteiger partial charge in [-0.15, -0.1) is 0 Å². The number of hydrogen-bond donors (Lipinski definition) is 2. The second kappa shape index (κ2) is 4.80. The van der Waals surface area contributed by atoms with E-state index in [-0.39, 0.29) is 12.2 Å². The molecule has 0 saturated carbocycles. The SMILES string of the molecule is Cn1cnn(Cc2ncccc2C(=O)NN)c1=O. The van der Waals surface area contributed by atoms with Gasteiger partial charge in [-0.2, -0.15) is 5.10 Å². The molecule has 94 valence electrons. The van der Waals surface area contributed by atoms with Gasteiger partial charge in [-0.25, -0.2) is 15.3 Å². The number of aromatic nitrogens is 4. The van der Waals surface area contributed by atoms with E-state index in [1.807, 2.05) is 5.43 Å². The maximum Gasteiger partial charge on any atom is 0.345 e. The monoisotopic (exact) mass is 248 g/mol. The van der Waals surface area contributed by atoms with Crippen molar-refractivity contribution >= 4 is 5.91 Å². The average molecular weight is 248 g/mol. The van der Waals surface area contributed by atoms with Crippen LogP contribution in [-0.2, 0) is 13.6 Å². The lowest BCUT2D eigenvalue weighted by atomic mass is 10.2. The number of hydrazine groups is 1. The zero-order valence-corrected chi connectivity index (χ0v) is 9.70. The molecule has 0 spiro atoms. The van der Waals surface area contributed by atoms with E-state index >= 15 is 0 Å². The Hall–Kier alpha value is -2.48. The largest absolute Gasteiger partial charge is 0.345 e. The molecule has 0 aliphatic carbocycles. The van der Waals surface area contributed by atoms with Crippen molar-refractivity contribution in [1.29, 1.82) is 0 Å². The molecule has 18 heavy (non-hydrogen) atoms. The Balaban J connectivity index is 2.38. The fourth-order valence-electron chi connectivity index (χ4n) is 1.52. The highest BCUT2D eigenvalue weighted by Crippen LogP contribution is 2.05. The lowest BCUT2D eigenvalue weighted by Crippen LogP contribution is -2.32. The molecule has 0 fully saturated rings. The third-order valence-corrected chi connectivity index (χ3v) is 2.45. The fraction of sp³-hybridized carbons (Fsp3) is 0.200. The number of hydrogen-bond acceptors (Lipinski definition) is 5. The summed E-state index contributed by atoms with van der Waals surface area (Å²) >= 11 is 0. The molecule has 2 rings (SSSR count). The Morgan fingerprint density at radius 3 is 2.94 bits per heavy atom. The van der Waals surface area contributed by atoms with Crippen LogP contribution in [0.2, 0.25) is 0 Å². The van der Waals surface area contributed by atoms with Crippen LogP contribution in [0, 0.1) is 0 Å².